The highest BCUT2D eigenvalue weighted by Crippen LogP contribution is 2.29. The van der Waals surface area contributed by atoms with Crippen molar-refractivity contribution in [2.75, 3.05) is 11.6 Å². The first kappa shape index (κ1) is 17.0. The van der Waals surface area contributed by atoms with Crippen LogP contribution in [0.25, 0.3) is 6.08 Å². The number of carbonyl (C=O) groups excluding carboxylic acids is 1. The number of amides is 1. The van der Waals surface area contributed by atoms with Crippen LogP contribution in [0, 0.1) is 12.3 Å². The summed E-state index contributed by atoms with van der Waals surface area (Å²) in [6.45, 7) is 2.03. The van der Waals surface area contributed by atoms with Gasteiger partial charge in [-0.05, 0) is 58.8 Å². The molecule has 0 unspecified atom stereocenters. The molecular formula is C20H15BrN2O2. The molecule has 2 aromatic carbocycles. The van der Waals surface area contributed by atoms with Gasteiger partial charge in [0.15, 0.2) is 0 Å². The van der Waals surface area contributed by atoms with Crippen LogP contribution >= 0.6 is 15.9 Å². The van der Waals surface area contributed by atoms with E-state index in [4.69, 9.17) is 11.2 Å². The van der Waals surface area contributed by atoms with Gasteiger partial charge in [0, 0.05) is 0 Å². The van der Waals surface area contributed by atoms with E-state index >= 15 is 0 Å². The summed E-state index contributed by atoms with van der Waals surface area (Å²) < 4.78 is 6.20. The van der Waals surface area contributed by atoms with Crippen molar-refractivity contribution in [1.29, 1.82) is 0 Å². The number of terminal acetylenes is 1. The molecule has 0 spiro atoms. The minimum atomic E-state index is -0.146. The van der Waals surface area contributed by atoms with Gasteiger partial charge in [-0.3, -0.25) is 4.79 Å². The quantitative estimate of drug-likeness (QED) is 0.573. The van der Waals surface area contributed by atoms with Crippen molar-refractivity contribution in [2.24, 2.45) is 5.10 Å². The van der Waals surface area contributed by atoms with Crippen molar-refractivity contribution in [3.63, 3.8) is 0 Å². The number of para-hydroxylation sites is 1. The second-order valence-corrected chi connectivity index (χ2v) is 6.23. The molecule has 2 aromatic rings. The number of hydrogen-bond acceptors (Lipinski definition) is 3. The molecule has 0 radical (unpaired) electrons. The Bertz CT molecular complexity index is 911. The topological polar surface area (TPSA) is 41.9 Å². The second kappa shape index (κ2) is 7.37. The summed E-state index contributed by atoms with van der Waals surface area (Å²) in [7, 11) is 0. The number of nitrogens with zero attached hydrogens (tertiary/aromatic N) is 2. The van der Waals surface area contributed by atoms with Gasteiger partial charge in [0.05, 0.1) is 21.4 Å². The molecule has 3 rings (SSSR count). The third-order valence-electron chi connectivity index (χ3n) is 3.64. The fourth-order valence-electron chi connectivity index (χ4n) is 2.44. The maximum Gasteiger partial charge on any atom is 0.280 e. The van der Waals surface area contributed by atoms with Crippen LogP contribution in [-0.2, 0) is 4.79 Å². The maximum absolute atomic E-state index is 12.7. The van der Waals surface area contributed by atoms with Crippen molar-refractivity contribution < 1.29 is 9.53 Å². The van der Waals surface area contributed by atoms with E-state index in [-0.39, 0.29) is 12.5 Å². The van der Waals surface area contributed by atoms with Crippen LogP contribution in [0.2, 0.25) is 0 Å². The first-order chi connectivity index (χ1) is 12.1. The van der Waals surface area contributed by atoms with Gasteiger partial charge < -0.3 is 4.74 Å². The van der Waals surface area contributed by atoms with Crippen molar-refractivity contribution in [2.45, 2.75) is 6.92 Å². The largest absolute Gasteiger partial charge is 0.480 e. The molecule has 1 aliphatic heterocycles. The molecule has 5 heteroatoms. The molecule has 0 saturated carbocycles. The van der Waals surface area contributed by atoms with Gasteiger partial charge in [-0.2, -0.15) is 10.1 Å². The number of benzene rings is 2. The van der Waals surface area contributed by atoms with Gasteiger partial charge in [-0.25, -0.2) is 0 Å². The zero-order valence-electron chi connectivity index (χ0n) is 13.6. The van der Waals surface area contributed by atoms with Crippen LogP contribution in [0.15, 0.2) is 63.7 Å². The highest BCUT2D eigenvalue weighted by Gasteiger charge is 2.28. The predicted octanol–water partition coefficient (Wildman–Crippen LogP) is 4.27. The molecule has 1 aliphatic rings. The van der Waals surface area contributed by atoms with Crippen molar-refractivity contribution in [3.05, 3.63) is 64.1 Å². The minimum absolute atomic E-state index is 0.146. The van der Waals surface area contributed by atoms with Crippen molar-refractivity contribution >= 4 is 39.3 Å². The van der Waals surface area contributed by atoms with Gasteiger partial charge in [0.1, 0.15) is 12.4 Å². The number of hydrazone groups is 1. The fraction of sp³-hybridized carbons (Fsp3) is 0.100. The zero-order chi connectivity index (χ0) is 17.8. The van der Waals surface area contributed by atoms with Crippen LogP contribution in [-0.4, -0.2) is 18.2 Å². The first-order valence-electron chi connectivity index (χ1n) is 7.63. The third-order valence-corrected chi connectivity index (χ3v) is 4.26. The third kappa shape index (κ3) is 3.65. The van der Waals surface area contributed by atoms with Gasteiger partial charge in [0.2, 0.25) is 0 Å². The van der Waals surface area contributed by atoms with Crippen LogP contribution in [0.5, 0.6) is 5.75 Å². The standard InChI is InChI=1S/C20H15BrN2O2/c1-3-11-25-19-10-9-15(13-18(19)21)12-17-14(2)22-23(20(17)24)16-7-5-4-6-8-16/h1,4-10,12-13H,11H2,2H3/b17-12+. The normalized spacial score (nSPS) is 15.2. The maximum atomic E-state index is 12.7. The summed E-state index contributed by atoms with van der Waals surface area (Å²) in [5.41, 5.74) is 2.85. The number of halogens is 1. The Morgan fingerprint density at radius 1 is 1.28 bits per heavy atom. The SMILES string of the molecule is C#CCOc1ccc(/C=C2/C(=O)N(c3ccccc3)N=C2C)cc1Br. The molecule has 0 aliphatic carbocycles. The zero-order valence-corrected chi connectivity index (χ0v) is 15.2. The van der Waals surface area contributed by atoms with Crippen molar-refractivity contribution in [3.8, 4) is 18.1 Å². The summed E-state index contributed by atoms with van der Waals surface area (Å²) in [5, 5.41) is 5.79. The van der Waals surface area contributed by atoms with E-state index in [0.29, 0.717) is 17.0 Å². The number of ether oxygens (including phenoxy) is 1. The highest BCUT2D eigenvalue weighted by atomic mass is 79.9. The Morgan fingerprint density at radius 2 is 2.04 bits per heavy atom. The molecule has 0 N–H and O–H groups in total. The molecule has 0 atom stereocenters. The number of rotatable bonds is 4. The molecule has 0 fully saturated rings. The van der Waals surface area contributed by atoms with Crippen LogP contribution in [0.3, 0.4) is 0 Å². The summed E-state index contributed by atoms with van der Waals surface area (Å²) in [6.07, 6.45) is 7.02. The Morgan fingerprint density at radius 3 is 2.72 bits per heavy atom. The average Bonchev–Trinajstić information content (AvgIpc) is 2.90. The van der Waals surface area contributed by atoms with E-state index in [0.717, 1.165) is 15.7 Å². The molecule has 1 heterocycles. The molecule has 4 nitrogen and oxygen atoms in total. The van der Waals surface area contributed by atoms with Gasteiger partial charge >= 0.3 is 0 Å². The Labute approximate surface area is 154 Å². The van der Waals surface area contributed by atoms with Gasteiger partial charge in [-0.15, -0.1) is 6.42 Å². The van der Waals surface area contributed by atoms with Crippen molar-refractivity contribution in [1.82, 2.24) is 0 Å². The average molecular weight is 395 g/mol. The minimum Gasteiger partial charge on any atom is -0.480 e. The lowest BCUT2D eigenvalue weighted by molar-refractivity contribution is -0.114. The first-order valence-corrected chi connectivity index (χ1v) is 8.42. The van der Waals surface area contributed by atoms with Gasteiger partial charge in [-0.1, -0.05) is 30.2 Å². The van der Waals surface area contributed by atoms with E-state index in [1.807, 2.05) is 61.5 Å². The highest BCUT2D eigenvalue weighted by molar-refractivity contribution is 9.10. The second-order valence-electron chi connectivity index (χ2n) is 5.38. The van der Waals surface area contributed by atoms with E-state index in [1.165, 1.54) is 5.01 Å². The predicted molar refractivity (Wildman–Crippen MR) is 103 cm³/mol. The monoisotopic (exact) mass is 394 g/mol. The molecule has 124 valence electrons. The fourth-order valence-corrected chi connectivity index (χ4v) is 2.95. The molecule has 0 aromatic heterocycles. The Hall–Kier alpha value is -2.84. The summed E-state index contributed by atoms with van der Waals surface area (Å²) in [5.74, 6) is 2.94. The van der Waals surface area contributed by atoms with E-state index < -0.39 is 0 Å². The Balaban J connectivity index is 1.87. The summed E-state index contributed by atoms with van der Waals surface area (Å²) in [4.78, 5) is 12.7. The Kier molecular flexibility index (Phi) is 5.01. The molecular weight excluding hydrogens is 380 g/mol. The lowest BCUT2D eigenvalue weighted by Gasteiger charge is -2.11. The number of anilines is 1. The van der Waals surface area contributed by atoms with E-state index in [9.17, 15) is 4.79 Å². The van der Waals surface area contributed by atoms with Crippen LogP contribution in [0.1, 0.15) is 12.5 Å². The van der Waals surface area contributed by atoms with Crippen LogP contribution < -0.4 is 9.75 Å². The number of hydrogen-bond donors (Lipinski definition) is 0. The smallest absolute Gasteiger partial charge is 0.280 e. The van der Waals surface area contributed by atoms with E-state index in [1.54, 1.807) is 0 Å². The van der Waals surface area contributed by atoms with E-state index in [2.05, 4.69) is 27.0 Å². The van der Waals surface area contributed by atoms with Crippen LogP contribution in [0.4, 0.5) is 5.69 Å². The molecule has 0 saturated heterocycles. The lowest BCUT2D eigenvalue weighted by atomic mass is 10.1. The molecule has 25 heavy (non-hydrogen) atoms. The summed E-state index contributed by atoms with van der Waals surface area (Å²) >= 11 is 3.46. The van der Waals surface area contributed by atoms with Gasteiger partial charge in [0.25, 0.3) is 5.91 Å². The molecule has 0 bridgehead atoms. The molecule has 1 amide bonds. The summed E-state index contributed by atoms with van der Waals surface area (Å²) in [6, 6.07) is 14.9. The lowest BCUT2D eigenvalue weighted by Crippen LogP contribution is -2.21. The number of carbonyl (C=O) groups is 1.